The highest BCUT2D eigenvalue weighted by Crippen LogP contribution is 2.00. The van der Waals surface area contributed by atoms with Crippen molar-refractivity contribution < 1.29 is 0 Å². The van der Waals surface area contributed by atoms with Crippen molar-refractivity contribution in [1.82, 2.24) is 6.15 Å². The Bertz CT molecular complexity index is 315. The molecule has 0 spiro atoms. The molecule has 0 saturated heterocycles. The number of hydrogen-bond acceptors (Lipinski definition) is 2. The minimum atomic E-state index is 0. The molecule has 0 bridgehead atoms. The summed E-state index contributed by atoms with van der Waals surface area (Å²) in [4.78, 5) is 4.35. The van der Waals surface area contributed by atoms with E-state index >= 15 is 0 Å². The first-order chi connectivity index (χ1) is 7.93. The van der Waals surface area contributed by atoms with Crippen LogP contribution in [0.2, 0.25) is 0 Å². The van der Waals surface area contributed by atoms with E-state index in [9.17, 15) is 0 Å². The monoisotopic (exact) mass is 232 g/mol. The van der Waals surface area contributed by atoms with Gasteiger partial charge >= 0.3 is 0 Å². The van der Waals surface area contributed by atoms with E-state index < -0.39 is 0 Å². The van der Waals surface area contributed by atoms with Gasteiger partial charge in [-0.3, -0.25) is 4.99 Å². The van der Waals surface area contributed by atoms with E-state index in [-0.39, 0.29) is 6.15 Å². The van der Waals surface area contributed by atoms with Crippen molar-refractivity contribution in [2.24, 2.45) is 4.99 Å². The fraction of sp³-hybridized carbons (Fsp3) is 0.400. The van der Waals surface area contributed by atoms with Gasteiger partial charge in [-0.25, -0.2) is 0 Å². The molecule has 2 heteroatoms. The van der Waals surface area contributed by atoms with E-state index in [0.29, 0.717) is 0 Å². The average Bonchev–Trinajstić information content (AvgIpc) is 2.34. The molecular weight excluding hydrogens is 208 g/mol. The molecule has 17 heavy (non-hydrogen) atoms. The minimum Gasteiger partial charge on any atom is -0.344 e. The summed E-state index contributed by atoms with van der Waals surface area (Å²) >= 11 is 0. The molecule has 1 aromatic carbocycles. The summed E-state index contributed by atoms with van der Waals surface area (Å²) in [5.41, 5.74) is 1.22. The van der Waals surface area contributed by atoms with Crippen molar-refractivity contribution >= 4 is 12.3 Å². The number of aliphatic imine (C=N–C) groups is 1. The molecule has 94 valence electrons. The summed E-state index contributed by atoms with van der Waals surface area (Å²) < 4.78 is 0. The number of allylic oxidation sites excluding steroid dienone is 1. The molecule has 0 aliphatic rings. The van der Waals surface area contributed by atoms with E-state index in [1.54, 1.807) is 0 Å². The molecule has 0 radical (unpaired) electrons. The van der Waals surface area contributed by atoms with Crippen LogP contribution in [0.3, 0.4) is 0 Å². The molecule has 1 rings (SSSR count). The third-order valence-electron chi connectivity index (χ3n) is 2.42. The van der Waals surface area contributed by atoms with Crippen molar-refractivity contribution in [2.45, 2.75) is 32.6 Å². The lowest BCUT2D eigenvalue weighted by Crippen LogP contribution is -1.81. The zero-order valence-corrected chi connectivity index (χ0v) is 10.8. The number of hydrogen-bond donors (Lipinski definition) is 1. The van der Waals surface area contributed by atoms with E-state index in [2.05, 4.69) is 30.1 Å². The Morgan fingerprint density at radius 1 is 1.06 bits per heavy atom. The number of rotatable bonds is 7. The van der Waals surface area contributed by atoms with Crippen LogP contribution in [0.4, 0.5) is 0 Å². The Labute approximate surface area is 105 Å². The highest BCUT2D eigenvalue weighted by Gasteiger charge is 1.84. The first-order valence-electron chi connectivity index (χ1n) is 6.15. The zero-order chi connectivity index (χ0) is 11.5. The molecule has 3 N–H and O–H groups in total. The second-order valence-corrected chi connectivity index (χ2v) is 3.89. The zero-order valence-electron chi connectivity index (χ0n) is 10.8. The summed E-state index contributed by atoms with van der Waals surface area (Å²) in [7, 11) is 0. The second-order valence-electron chi connectivity index (χ2n) is 3.89. The fourth-order valence-corrected chi connectivity index (χ4v) is 1.48. The Balaban J connectivity index is 0.00000256. The first kappa shape index (κ1) is 15.6. The van der Waals surface area contributed by atoms with Gasteiger partial charge in [0, 0.05) is 12.8 Å². The lowest BCUT2D eigenvalue weighted by Gasteiger charge is -1.93. The van der Waals surface area contributed by atoms with E-state index in [4.69, 9.17) is 0 Å². The maximum Gasteiger partial charge on any atom is 0.0389 e. The van der Waals surface area contributed by atoms with Gasteiger partial charge in [-0.15, -0.1) is 0 Å². The molecular formula is C15H24N2. The molecule has 2 nitrogen and oxygen atoms in total. The van der Waals surface area contributed by atoms with Gasteiger partial charge in [0.1, 0.15) is 0 Å². The van der Waals surface area contributed by atoms with E-state index in [0.717, 1.165) is 6.54 Å². The number of unbranched alkanes of at least 4 members (excludes halogenated alkanes) is 3. The Kier molecular flexibility index (Phi) is 10.2. The lowest BCUT2D eigenvalue weighted by atomic mass is 10.2. The van der Waals surface area contributed by atoms with Crippen LogP contribution in [0.1, 0.15) is 38.2 Å². The highest BCUT2D eigenvalue weighted by molar-refractivity contribution is 5.78. The molecule has 0 atom stereocenters. The van der Waals surface area contributed by atoms with Gasteiger partial charge in [-0.05, 0) is 18.1 Å². The number of nitrogens with zero attached hydrogens (tertiary/aromatic N) is 1. The van der Waals surface area contributed by atoms with Crippen molar-refractivity contribution in [3.05, 3.63) is 42.0 Å². The van der Waals surface area contributed by atoms with Crippen LogP contribution in [0, 0.1) is 0 Å². The summed E-state index contributed by atoms with van der Waals surface area (Å²) in [6, 6.07) is 10.3. The quantitative estimate of drug-likeness (QED) is 0.545. The standard InChI is InChI=1S/C15H21N.H3N/c1-2-3-4-8-13-16-14-9-12-15-10-6-5-7-11-15;/h5-7,9-12,14H,2-4,8,13H2,1H3;1H3. The highest BCUT2D eigenvalue weighted by atomic mass is 14.7. The van der Waals surface area contributed by atoms with Crippen LogP contribution in [-0.4, -0.2) is 12.8 Å². The topological polar surface area (TPSA) is 47.4 Å². The van der Waals surface area contributed by atoms with Gasteiger partial charge in [0.25, 0.3) is 0 Å². The van der Waals surface area contributed by atoms with E-state index in [1.807, 2.05) is 30.5 Å². The molecule has 0 aromatic heterocycles. The van der Waals surface area contributed by atoms with E-state index in [1.165, 1.54) is 31.2 Å². The van der Waals surface area contributed by atoms with Gasteiger partial charge in [-0.1, -0.05) is 62.6 Å². The lowest BCUT2D eigenvalue weighted by molar-refractivity contribution is 0.676. The molecule has 0 aliphatic heterocycles. The van der Waals surface area contributed by atoms with Crippen molar-refractivity contribution in [2.75, 3.05) is 6.54 Å². The van der Waals surface area contributed by atoms with Gasteiger partial charge in [0.2, 0.25) is 0 Å². The largest absolute Gasteiger partial charge is 0.344 e. The second kappa shape index (κ2) is 11.1. The SMILES string of the molecule is CCCCCCN=CC=Cc1ccccc1.N. The van der Waals surface area contributed by atoms with Gasteiger partial charge < -0.3 is 6.15 Å². The third-order valence-corrected chi connectivity index (χ3v) is 2.42. The Morgan fingerprint density at radius 3 is 2.53 bits per heavy atom. The predicted octanol–water partition coefficient (Wildman–Crippen LogP) is 4.51. The van der Waals surface area contributed by atoms with Crippen LogP contribution < -0.4 is 6.15 Å². The van der Waals surface area contributed by atoms with Crippen LogP contribution in [0.25, 0.3) is 6.08 Å². The average molecular weight is 232 g/mol. The smallest absolute Gasteiger partial charge is 0.0389 e. The molecule has 0 amide bonds. The van der Waals surface area contributed by atoms with Gasteiger partial charge in [0.05, 0.1) is 0 Å². The predicted molar refractivity (Wildman–Crippen MR) is 78.0 cm³/mol. The summed E-state index contributed by atoms with van der Waals surface area (Å²) in [6.45, 7) is 3.19. The Hall–Kier alpha value is -1.41. The summed E-state index contributed by atoms with van der Waals surface area (Å²) in [6.07, 6.45) is 11.1. The molecule has 1 aromatic rings. The van der Waals surface area contributed by atoms with Crippen LogP contribution in [0.15, 0.2) is 41.4 Å². The van der Waals surface area contributed by atoms with Crippen molar-refractivity contribution in [3.8, 4) is 0 Å². The van der Waals surface area contributed by atoms with Crippen LogP contribution in [-0.2, 0) is 0 Å². The molecule has 0 aliphatic carbocycles. The molecule has 0 unspecified atom stereocenters. The molecule has 0 saturated carbocycles. The first-order valence-corrected chi connectivity index (χ1v) is 6.15. The molecule has 0 fully saturated rings. The van der Waals surface area contributed by atoms with Crippen molar-refractivity contribution in [1.29, 1.82) is 0 Å². The maximum absolute atomic E-state index is 4.35. The van der Waals surface area contributed by atoms with Gasteiger partial charge in [0.15, 0.2) is 0 Å². The normalized spacial score (nSPS) is 10.9. The van der Waals surface area contributed by atoms with Gasteiger partial charge in [-0.2, -0.15) is 0 Å². The maximum atomic E-state index is 4.35. The Morgan fingerprint density at radius 2 is 1.82 bits per heavy atom. The summed E-state index contributed by atoms with van der Waals surface area (Å²) in [5.74, 6) is 0. The molecule has 0 heterocycles. The third kappa shape index (κ3) is 8.40. The fourth-order valence-electron chi connectivity index (χ4n) is 1.48. The number of benzene rings is 1. The minimum absolute atomic E-state index is 0. The summed E-state index contributed by atoms with van der Waals surface area (Å²) in [5, 5.41) is 0. The van der Waals surface area contributed by atoms with Crippen molar-refractivity contribution in [3.63, 3.8) is 0 Å². The van der Waals surface area contributed by atoms with Crippen LogP contribution in [0.5, 0.6) is 0 Å². The van der Waals surface area contributed by atoms with Crippen LogP contribution >= 0.6 is 0 Å².